The van der Waals surface area contributed by atoms with Gasteiger partial charge in [0, 0.05) is 24.8 Å². The second-order valence-corrected chi connectivity index (χ2v) is 5.67. The average molecular weight is 282 g/mol. The van der Waals surface area contributed by atoms with Crippen molar-refractivity contribution in [2.24, 2.45) is 0 Å². The summed E-state index contributed by atoms with van der Waals surface area (Å²) in [7, 11) is 0. The Bertz CT molecular complexity index is 496. The highest BCUT2D eigenvalue weighted by Gasteiger charge is 2.21. The van der Waals surface area contributed by atoms with E-state index in [1.54, 1.807) is 20.8 Å². The van der Waals surface area contributed by atoms with Crippen LogP contribution in [0, 0.1) is 5.82 Å². The van der Waals surface area contributed by atoms with E-state index in [4.69, 9.17) is 9.47 Å². The summed E-state index contributed by atoms with van der Waals surface area (Å²) < 4.78 is 24.2. The van der Waals surface area contributed by atoms with Crippen LogP contribution in [-0.2, 0) is 4.74 Å². The maximum absolute atomic E-state index is 13.6. The summed E-state index contributed by atoms with van der Waals surface area (Å²) in [4.78, 5) is 11.6. The van der Waals surface area contributed by atoms with Gasteiger partial charge in [-0.1, -0.05) is 0 Å². The van der Waals surface area contributed by atoms with Crippen LogP contribution >= 0.6 is 0 Å². The first-order chi connectivity index (χ1) is 9.33. The third-order valence-corrected chi connectivity index (χ3v) is 2.61. The Morgan fingerprint density at radius 2 is 2.10 bits per heavy atom. The zero-order valence-electron chi connectivity index (χ0n) is 11.8. The minimum atomic E-state index is -0.583. The van der Waals surface area contributed by atoms with Gasteiger partial charge >= 0.3 is 6.09 Å². The second-order valence-electron chi connectivity index (χ2n) is 5.67. The lowest BCUT2D eigenvalue weighted by Gasteiger charge is -2.28. The van der Waals surface area contributed by atoms with Crippen LogP contribution in [0.3, 0.4) is 0 Å². The predicted molar refractivity (Wildman–Crippen MR) is 73.5 cm³/mol. The monoisotopic (exact) mass is 282 g/mol. The number of anilines is 1. The fraction of sp³-hybridized carbons (Fsp3) is 0.500. The molecule has 0 unspecified atom stereocenters. The minimum Gasteiger partial charge on any atom is -0.485 e. The summed E-state index contributed by atoms with van der Waals surface area (Å²) in [5.41, 5.74) is -0.149. The third kappa shape index (κ3) is 4.09. The summed E-state index contributed by atoms with van der Waals surface area (Å²) in [5, 5.41) is 5.59. The first-order valence-corrected chi connectivity index (χ1v) is 6.50. The lowest BCUT2D eigenvalue weighted by Crippen LogP contribution is -2.50. The Morgan fingerprint density at radius 1 is 1.40 bits per heavy atom. The Balaban J connectivity index is 2.01. The number of amides is 1. The van der Waals surface area contributed by atoms with Crippen molar-refractivity contribution < 1.29 is 18.7 Å². The van der Waals surface area contributed by atoms with Gasteiger partial charge in [0.15, 0.2) is 11.6 Å². The van der Waals surface area contributed by atoms with E-state index in [0.717, 1.165) is 0 Å². The van der Waals surface area contributed by atoms with E-state index >= 15 is 0 Å². The van der Waals surface area contributed by atoms with Crippen molar-refractivity contribution in [2.45, 2.75) is 32.5 Å². The van der Waals surface area contributed by atoms with Crippen LogP contribution in [0.15, 0.2) is 18.2 Å². The molecule has 1 aliphatic heterocycles. The molecule has 110 valence electrons. The van der Waals surface area contributed by atoms with E-state index in [9.17, 15) is 9.18 Å². The second kappa shape index (κ2) is 5.66. The molecule has 6 heteroatoms. The Labute approximate surface area is 117 Å². The fourth-order valence-corrected chi connectivity index (χ4v) is 1.62. The van der Waals surface area contributed by atoms with E-state index in [1.165, 1.54) is 18.2 Å². The molecule has 1 saturated heterocycles. The summed E-state index contributed by atoms with van der Waals surface area (Å²) >= 11 is 0. The number of benzene rings is 1. The molecule has 1 aromatic carbocycles. The SMILES string of the molecule is CC(C)(C)OC(=O)Nc1ccc(F)c(OC2CNC2)c1. The number of carbonyl (C=O) groups is 1. The van der Waals surface area contributed by atoms with E-state index in [0.29, 0.717) is 18.8 Å². The summed E-state index contributed by atoms with van der Waals surface area (Å²) in [6.07, 6.45) is -0.610. The first kappa shape index (κ1) is 14.6. The minimum absolute atomic E-state index is 0.0266. The lowest BCUT2D eigenvalue weighted by atomic mass is 10.2. The summed E-state index contributed by atoms with van der Waals surface area (Å²) in [5.74, 6) is -0.323. The molecule has 1 fully saturated rings. The molecule has 1 aromatic rings. The van der Waals surface area contributed by atoms with Crippen molar-refractivity contribution in [3.8, 4) is 5.75 Å². The van der Waals surface area contributed by atoms with Gasteiger partial charge in [-0.25, -0.2) is 9.18 Å². The Morgan fingerprint density at radius 3 is 2.65 bits per heavy atom. The standard InChI is InChI=1S/C14H19FN2O3/c1-14(2,3)20-13(18)17-9-4-5-11(15)12(6-9)19-10-7-16-8-10/h4-6,10,16H,7-8H2,1-3H3,(H,17,18). The molecule has 0 saturated carbocycles. The number of carbonyl (C=O) groups excluding carboxylic acids is 1. The van der Waals surface area contributed by atoms with Gasteiger partial charge in [0.05, 0.1) is 0 Å². The maximum atomic E-state index is 13.6. The normalized spacial score (nSPS) is 15.4. The highest BCUT2D eigenvalue weighted by molar-refractivity contribution is 5.85. The molecule has 20 heavy (non-hydrogen) atoms. The fourth-order valence-electron chi connectivity index (χ4n) is 1.62. The van der Waals surface area contributed by atoms with Crippen LogP contribution in [0.25, 0.3) is 0 Å². The van der Waals surface area contributed by atoms with Gasteiger partial charge in [-0.05, 0) is 32.9 Å². The Hall–Kier alpha value is -1.82. The molecule has 0 atom stereocenters. The summed E-state index contributed by atoms with van der Waals surface area (Å²) in [6.45, 7) is 6.71. The van der Waals surface area contributed by atoms with Crippen LogP contribution in [0.5, 0.6) is 5.75 Å². The number of nitrogens with one attached hydrogen (secondary N) is 2. The predicted octanol–water partition coefficient (Wildman–Crippen LogP) is 2.52. The number of hydrogen-bond donors (Lipinski definition) is 2. The molecule has 1 aliphatic rings. The van der Waals surface area contributed by atoms with Crippen molar-refractivity contribution >= 4 is 11.8 Å². The van der Waals surface area contributed by atoms with Crippen molar-refractivity contribution in [1.82, 2.24) is 5.32 Å². The average Bonchev–Trinajstić information content (AvgIpc) is 2.24. The molecule has 0 bridgehead atoms. The molecule has 1 amide bonds. The van der Waals surface area contributed by atoms with Gasteiger partial charge in [0.25, 0.3) is 0 Å². The molecule has 1 heterocycles. The van der Waals surface area contributed by atoms with Gasteiger partial charge < -0.3 is 14.8 Å². The highest BCUT2D eigenvalue weighted by atomic mass is 19.1. The van der Waals surface area contributed by atoms with Crippen molar-refractivity contribution in [1.29, 1.82) is 0 Å². The lowest BCUT2D eigenvalue weighted by molar-refractivity contribution is 0.0636. The zero-order chi connectivity index (χ0) is 14.8. The number of hydrogen-bond acceptors (Lipinski definition) is 4. The molecule has 0 aromatic heterocycles. The van der Waals surface area contributed by atoms with Gasteiger partial charge in [0.2, 0.25) is 0 Å². The van der Waals surface area contributed by atoms with E-state index < -0.39 is 17.5 Å². The molecule has 2 N–H and O–H groups in total. The number of rotatable bonds is 3. The molecular formula is C14H19FN2O3. The van der Waals surface area contributed by atoms with Gasteiger partial charge in [-0.3, -0.25) is 5.32 Å². The maximum Gasteiger partial charge on any atom is 0.412 e. The molecule has 0 spiro atoms. The smallest absolute Gasteiger partial charge is 0.412 e. The highest BCUT2D eigenvalue weighted by Crippen LogP contribution is 2.24. The molecule has 5 nitrogen and oxygen atoms in total. The molecule has 2 rings (SSSR count). The van der Waals surface area contributed by atoms with Crippen molar-refractivity contribution in [2.75, 3.05) is 18.4 Å². The van der Waals surface area contributed by atoms with Crippen molar-refractivity contribution in [3.63, 3.8) is 0 Å². The van der Waals surface area contributed by atoms with Gasteiger partial charge in [-0.15, -0.1) is 0 Å². The van der Waals surface area contributed by atoms with Crippen LogP contribution in [-0.4, -0.2) is 30.9 Å². The Kier molecular flexibility index (Phi) is 4.13. The first-order valence-electron chi connectivity index (χ1n) is 6.50. The van der Waals surface area contributed by atoms with Crippen LogP contribution < -0.4 is 15.4 Å². The van der Waals surface area contributed by atoms with Gasteiger partial charge in [0.1, 0.15) is 11.7 Å². The van der Waals surface area contributed by atoms with E-state index in [-0.39, 0.29) is 11.9 Å². The third-order valence-electron chi connectivity index (χ3n) is 2.61. The number of halogens is 1. The summed E-state index contributed by atoms with van der Waals surface area (Å²) in [6, 6.07) is 4.18. The number of ether oxygens (including phenoxy) is 2. The molecule has 0 aliphatic carbocycles. The van der Waals surface area contributed by atoms with Gasteiger partial charge in [-0.2, -0.15) is 0 Å². The quantitative estimate of drug-likeness (QED) is 0.894. The van der Waals surface area contributed by atoms with E-state index in [2.05, 4.69) is 10.6 Å². The zero-order valence-corrected chi connectivity index (χ0v) is 11.8. The van der Waals surface area contributed by atoms with Crippen LogP contribution in [0.4, 0.5) is 14.9 Å². The van der Waals surface area contributed by atoms with E-state index in [1.807, 2.05) is 0 Å². The van der Waals surface area contributed by atoms with Crippen LogP contribution in [0.1, 0.15) is 20.8 Å². The largest absolute Gasteiger partial charge is 0.485 e. The van der Waals surface area contributed by atoms with Crippen molar-refractivity contribution in [3.05, 3.63) is 24.0 Å². The van der Waals surface area contributed by atoms with Crippen LogP contribution in [0.2, 0.25) is 0 Å². The molecule has 0 radical (unpaired) electrons. The molecular weight excluding hydrogens is 263 g/mol. The topological polar surface area (TPSA) is 59.6 Å².